The molecule has 0 aromatic heterocycles. The van der Waals surface area contributed by atoms with Gasteiger partial charge >= 0.3 is 0 Å². The molecule has 1 amide bonds. The van der Waals surface area contributed by atoms with Gasteiger partial charge in [-0.3, -0.25) is 4.79 Å². The summed E-state index contributed by atoms with van der Waals surface area (Å²) in [6.45, 7) is 8.95. The van der Waals surface area contributed by atoms with E-state index in [2.05, 4.69) is 22.5 Å². The Bertz CT molecular complexity index is 293. The Morgan fingerprint density at radius 1 is 1.23 bits per heavy atom. The van der Waals surface area contributed by atoms with Crippen molar-refractivity contribution in [2.75, 3.05) is 39.3 Å². The van der Waals surface area contributed by atoms with E-state index in [1.54, 1.807) is 0 Å². The third-order valence-electron chi connectivity index (χ3n) is 4.65. The van der Waals surface area contributed by atoms with E-state index in [-0.39, 0.29) is 30.7 Å². The van der Waals surface area contributed by atoms with Crippen molar-refractivity contribution in [3.63, 3.8) is 0 Å². The first-order chi connectivity index (χ1) is 9.74. The molecule has 0 aromatic rings. The van der Waals surface area contributed by atoms with Gasteiger partial charge in [-0.25, -0.2) is 0 Å². The second-order valence-electron chi connectivity index (χ2n) is 6.65. The molecule has 22 heavy (non-hydrogen) atoms. The normalized spacial score (nSPS) is 20.8. The molecule has 0 spiro atoms. The van der Waals surface area contributed by atoms with Crippen LogP contribution in [0, 0.1) is 11.8 Å². The quantitative estimate of drug-likeness (QED) is 0.738. The molecule has 0 aliphatic carbocycles. The molecule has 2 aliphatic rings. The van der Waals surface area contributed by atoms with Crippen LogP contribution >= 0.6 is 24.8 Å². The molecule has 2 rings (SSSR count). The van der Waals surface area contributed by atoms with E-state index in [0.717, 1.165) is 38.5 Å². The standard InChI is InChI=1S/C16H31N3O.2ClH/c1-14(13-19-10-2-3-11-19)12-18-16(20)5-4-15-6-8-17-9-7-15;;/h14-15,17H,2-13H2,1H3,(H,18,20);2*1H. The third-order valence-corrected chi connectivity index (χ3v) is 4.65. The molecule has 2 heterocycles. The van der Waals surface area contributed by atoms with Crippen molar-refractivity contribution in [1.29, 1.82) is 0 Å². The van der Waals surface area contributed by atoms with E-state index < -0.39 is 0 Å². The van der Waals surface area contributed by atoms with Gasteiger partial charge in [0.15, 0.2) is 0 Å². The van der Waals surface area contributed by atoms with Crippen LogP contribution in [0.4, 0.5) is 0 Å². The smallest absolute Gasteiger partial charge is 0.220 e. The highest BCUT2D eigenvalue weighted by molar-refractivity contribution is 5.85. The van der Waals surface area contributed by atoms with Gasteiger partial charge in [-0.05, 0) is 70.1 Å². The van der Waals surface area contributed by atoms with Crippen LogP contribution in [0.5, 0.6) is 0 Å². The predicted octanol–water partition coefficient (Wildman–Crippen LogP) is 2.46. The number of carbonyl (C=O) groups is 1. The molecule has 132 valence electrons. The first-order valence-corrected chi connectivity index (χ1v) is 8.44. The molecular formula is C16H33Cl2N3O. The topological polar surface area (TPSA) is 44.4 Å². The lowest BCUT2D eigenvalue weighted by Crippen LogP contribution is -2.35. The van der Waals surface area contributed by atoms with Gasteiger partial charge in [0.05, 0.1) is 0 Å². The number of nitrogens with zero attached hydrogens (tertiary/aromatic N) is 1. The van der Waals surface area contributed by atoms with Gasteiger partial charge in [0, 0.05) is 19.5 Å². The second-order valence-corrected chi connectivity index (χ2v) is 6.65. The largest absolute Gasteiger partial charge is 0.356 e. The van der Waals surface area contributed by atoms with Crippen LogP contribution in [0.25, 0.3) is 0 Å². The predicted molar refractivity (Wildman–Crippen MR) is 97.2 cm³/mol. The van der Waals surface area contributed by atoms with Crippen molar-refractivity contribution in [2.45, 2.75) is 45.4 Å². The number of halogens is 2. The number of hydrogen-bond donors (Lipinski definition) is 2. The number of rotatable bonds is 7. The van der Waals surface area contributed by atoms with E-state index >= 15 is 0 Å². The van der Waals surface area contributed by atoms with Crippen molar-refractivity contribution < 1.29 is 4.79 Å². The van der Waals surface area contributed by atoms with Gasteiger partial charge in [0.2, 0.25) is 5.91 Å². The van der Waals surface area contributed by atoms with Crippen molar-refractivity contribution in [2.24, 2.45) is 11.8 Å². The molecule has 0 bridgehead atoms. The lowest BCUT2D eigenvalue weighted by atomic mass is 9.93. The molecule has 4 nitrogen and oxygen atoms in total. The SMILES string of the molecule is CC(CNC(=O)CCC1CCNCC1)CN1CCCC1.Cl.Cl. The molecule has 2 saturated heterocycles. The van der Waals surface area contributed by atoms with E-state index in [0.29, 0.717) is 12.3 Å². The van der Waals surface area contributed by atoms with E-state index in [1.807, 2.05) is 0 Å². The molecule has 0 saturated carbocycles. The highest BCUT2D eigenvalue weighted by Crippen LogP contribution is 2.17. The number of likely N-dealkylation sites (tertiary alicyclic amines) is 1. The second kappa shape index (κ2) is 12.4. The summed E-state index contributed by atoms with van der Waals surface area (Å²) in [4.78, 5) is 14.4. The lowest BCUT2D eigenvalue weighted by molar-refractivity contribution is -0.121. The number of piperidine rings is 1. The Labute approximate surface area is 148 Å². The Kier molecular flexibility index (Phi) is 12.4. The molecule has 0 radical (unpaired) electrons. The minimum Gasteiger partial charge on any atom is -0.356 e. The Morgan fingerprint density at radius 2 is 1.86 bits per heavy atom. The van der Waals surface area contributed by atoms with Gasteiger partial charge in [0.1, 0.15) is 0 Å². The van der Waals surface area contributed by atoms with Crippen molar-refractivity contribution >= 4 is 30.7 Å². The highest BCUT2D eigenvalue weighted by Gasteiger charge is 2.16. The van der Waals surface area contributed by atoms with Gasteiger partial charge in [-0.2, -0.15) is 0 Å². The lowest BCUT2D eigenvalue weighted by Gasteiger charge is -2.23. The van der Waals surface area contributed by atoms with Crippen LogP contribution in [-0.2, 0) is 4.79 Å². The molecule has 2 fully saturated rings. The van der Waals surface area contributed by atoms with Crippen LogP contribution in [-0.4, -0.2) is 50.1 Å². The van der Waals surface area contributed by atoms with Gasteiger partial charge in [-0.15, -0.1) is 24.8 Å². The van der Waals surface area contributed by atoms with Gasteiger partial charge in [-0.1, -0.05) is 6.92 Å². The van der Waals surface area contributed by atoms with Crippen molar-refractivity contribution in [3.8, 4) is 0 Å². The molecule has 6 heteroatoms. The third kappa shape index (κ3) is 8.56. The Balaban J connectivity index is 0.00000220. The minimum atomic E-state index is 0. The van der Waals surface area contributed by atoms with Gasteiger partial charge in [0.25, 0.3) is 0 Å². The summed E-state index contributed by atoms with van der Waals surface area (Å²) in [5.41, 5.74) is 0. The fraction of sp³-hybridized carbons (Fsp3) is 0.938. The van der Waals surface area contributed by atoms with Crippen LogP contribution in [0.1, 0.15) is 45.4 Å². The monoisotopic (exact) mass is 353 g/mol. The number of amides is 1. The molecule has 1 atom stereocenters. The number of carbonyl (C=O) groups excluding carboxylic acids is 1. The number of nitrogens with one attached hydrogen (secondary N) is 2. The van der Waals surface area contributed by atoms with Crippen molar-refractivity contribution in [1.82, 2.24) is 15.5 Å². The van der Waals surface area contributed by atoms with E-state index in [9.17, 15) is 4.79 Å². The summed E-state index contributed by atoms with van der Waals surface area (Å²) >= 11 is 0. The zero-order chi connectivity index (χ0) is 14.2. The summed E-state index contributed by atoms with van der Waals surface area (Å²) in [5, 5.41) is 6.49. The van der Waals surface area contributed by atoms with Crippen LogP contribution in [0.3, 0.4) is 0 Å². The summed E-state index contributed by atoms with van der Waals surface area (Å²) < 4.78 is 0. The number of hydrogen-bond acceptors (Lipinski definition) is 3. The summed E-state index contributed by atoms with van der Waals surface area (Å²) in [5.74, 6) is 1.57. The minimum absolute atomic E-state index is 0. The maximum absolute atomic E-state index is 11.9. The van der Waals surface area contributed by atoms with E-state index in [4.69, 9.17) is 0 Å². The molecule has 0 aromatic carbocycles. The van der Waals surface area contributed by atoms with Crippen LogP contribution < -0.4 is 10.6 Å². The average molecular weight is 354 g/mol. The Morgan fingerprint density at radius 3 is 2.50 bits per heavy atom. The molecular weight excluding hydrogens is 321 g/mol. The van der Waals surface area contributed by atoms with Gasteiger partial charge < -0.3 is 15.5 Å². The summed E-state index contributed by atoms with van der Waals surface area (Å²) in [7, 11) is 0. The zero-order valence-corrected chi connectivity index (χ0v) is 15.4. The highest BCUT2D eigenvalue weighted by atomic mass is 35.5. The zero-order valence-electron chi connectivity index (χ0n) is 13.8. The first-order valence-electron chi connectivity index (χ1n) is 8.44. The average Bonchev–Trinajstić information content (AvgIpc) is 2.97. The maximum atomic E-state index is 11.9. The molecule has 2 aliphatic heterocycles. The first kappa shape index (κ1) is 22.0. The maximum Gasteiger partial charge on any atom is 0.220 e. The molecule has 1 unspecified atom stereocenters. The van der Waals surface area contributed by atoms with Crippen molar-refractivity contribution in [3.05, 3.63) is 0 Å². The Hall–Kier alpha value is -0.0300. The summed E-state index contributed by atoms with van der Waals surface area (Å²) in [6.07, 6.45) is 6.93. The summed E-state index contributed by atoms with van der Waals surface area (Å²) in [6, 6.07) is 0. The fourth-order valence-corrected chi connectivity index (χ4v) is 3.35. The molecule has 2 N–H and O–H groups in total. The fourth-order valence-electron chi connectivity index (χ4n) is 3.35. The van der Waals surface area contributed by atoms with Crippen LogP contribution in [0.2, 0.25) is 0 Å². The van der Waals surface area contributed by atoms with Crippen LogP contribution in [0.15, 0.2) is 0 Å². The van der Waals surface area contributed by atoms with E-state index in [1.165, 1.54) is 38.8 Å².